The number of hydrogen-bond donors (Lipinski definition) is 1. The molecule has 0 aliphatic rings. The normalized spacial score (nSPS) is 13.8. The van der Waals surface area contributed by atoms with E-state index >= 15 is 0 Å². The topological polar surface area (TPSA) is 146 Å². The van der Waals surface area contributed by atoms with Gasteiger partial charge in [-0.25, -0.2) is 4.98 Å². The number of nitrogens with one attached hydrogen (secondary N) is 1. The number of fused-ring (bicyclic) bond motifs is 1. The molecule has 0 aliphatic heterocycles. The second kappa shape index (κ2) is 16.8. The Balaban J connectivity index is 1.84. The van der Waals surface area contributed by atoms with Crippen molar-refractivity contribution in [2.45, 2.75) is 78.4 Å². The second-order valence-corrected chi connectivity index (χ2v) is 14.5. The summed E-state index contributed by atoms with van der Waals surface area (Å²) in [6, 6.07) is 6.66. The number of carbonyl (C=O) groups excluding carboxylic acids is 4. The predicted octanol–water partition coefficient (Wildman–Crippen LogP) is 5.57. The van der Waals surface area contributed by atoms with E-state index < -0.39 is 42.2 Å². The van der Waals surface area contributed by atoms with Crippen LogP contribution in [0.2, 0.25) is 0 Å². The van der Waals surface area contributed by atoms with Gasteiger partial charge in [0.15, 0.2) is 0 Å². The summed E-state index contributed by atoms with van der Waals surface area (Å²) >= 11 is 1.04. The Bertz CT molecular complexity index is 1890. The number of ether oxygens (including phenoxy) is 2. The number of methoxy groups -OCH3 is 1. The van der Waals surface area contributed by atoms with Gasteiger partial charge in [-0.3, -0.25) is 19.4 Å². The molecule has 280 valence electrons. The highest BCUT2D eigenvalue weighted by Crippen LogP contribution is 2.43. The van der Waals surface area contributed by atoms with Gasteiger partial charge in [0.1, 0.15) is 29.7 Å². The van der Waals surface area contributed by atoms with Crippen LogP contribution in [0.4, 0.5) is 13.2 Å². The zero-order valence-electron chi connectivity index (χ0n) is 30.1. The fourth-order valence-electron chi connectivity index (χ4n) is 6.31. The van der Waals surface area contributed by atoms with E-state index in [1.165, 1.54) is 23.6 Å². The Labute approximate surface area is 303 Å². The zero-order valence-corrected chi connectivity index (χ0v) is 30.9. The first-order valence-electron chi connectivity index (χ1n) is 16.5. The van der Waals surface area contributed by atoms with Crippen molar-refractivity contribution in [1.29, 1.82) is 0 Å². The number of aldehydes is 1. The van der Waals surface area contributed by atoms with Crippen molar-refractivity contribution in [2.75, 3.05) is 20.8 Å². The standard InChI is InChI=1S/C36H43F3N6O6S/c1-21(2)31(44(6)19-47)33(49)41-24(16-46)14-29-42-34(52-43-29)23-10-11-28-26(13-23)27(15-35(4,5)18-51-20-48)32(45(28)17-36(37,38)39)25-9-8-12-40-30(25)22(3)50-7/h8-13,16,19-22,24,31H,14-15,17-18H2,1-7H3,(H,41,49). The van der Waals surface area contributed by atoms with Crippen LogP contribution in [-0.2, 0) is 48.0 Å². The molecular formula is C36H43F3N6O6S. The molecule has 0 radical (unpaired) electrons. The second-order valence-electron chi connectivity index (χ2n) is 13.8. The zero-order chi connectivity index (χ0) is 38.4. The average Bonchev–Trinajstić information content (AvgIpc) is 3.67. The Kier molecular flexibility index (Phi) is 12.9. The van der Waals surface area contributed by atoms with Gasteiger partial charge in [-0.1, -0.05) is 27.7 Å². The Hall–Kier alpha value is -4.70. The molecule has 3 heterocycles. The van der Waals surface area contributed by atoms with Crippen molar-refractivity contribution in [2.24, 2.45) is 11.3 Å². The highest BCUT2D eigenvalue weighted by molar-refractivity contribution is 7.09. The van der Waals surface area contributed by atoms with Gasteiger partial charge in [0.05, 0.1) is 30.1 Å². The van der Waals surface area contributed by atoms with Gasteiger partial charge in [-0.05, 0) is 66.7 Å². The van der Waals surface area contributed by atoms with Crippen molar-refractivity contribution in [3.63, 3.8) is 0 Å². The summed E-state index contributed by atoms with van der Waals surface area (Å²) in [6.45, 7) is 8.14. The summed E-state index contributed by atoms with van der Waals surface area (Å²) < 4.78 is 59.2. The number of benzene rings is 1. The summed E-state index contributed by atoms with van der Waals surface area (Å²) in [7, 11) is 2.98. The molecule has 2 amide bonds. The molecule has 3 atom stereocenters. The fourth-order valence-corrected chi connectivity index (χ4v) is 6.99. The molecule has 0 aliphatic carbocycles. The molecule has 0 spiro atoms. The highest BCUT2D eigenvalue weighted by Gasteiger charge is 2.35. The molecule has 4 rings (SSSR count). The minimum absolute atomic E-state index is 0.0205. The first-order chi connectivity index (χ1) is 24.5. The molecule has 0 saturated heterocycles. The van der Waals surface area contributed by atoms with E-state index in [2.05, 4.69) is 19.7 Å². The Morgan fingerprint density at radius 1 is 1.13 bits per heavy atom. The van der Waals surface area contributed by atoms with Crippen LogP contribution in [0.25, 0.3) is 32.7 Å². The number of pyridine rings is 1. The summed E-state index contributed by atoms with van der Waals surface area (Å²) in [4.78, 5) is 57.7. The van der Waals surface area contributed by atoms with Crippen molar-refractivity contribution < 1.29 is 41.8 Å². The quantitative estimate of drug-likeness (QED) is 0.129. The number of hydrogen-bond acceptors (Lipinski definition) is 10. The lowest BCUT2D eigenvalue weighted by atomic mass is 9.84. The average molecular weight is 745 g/mol. The predicted molar refractivity (Wildman–Crippen MR) is 189 cm³/mol. The van der Waals surface area contributed by atoms with E-state index in [0.717, 1.165) is 11.5 Å². The maximum absolute atomic E-state index is 14.3. The minimum Gasteiger partial charge on any atom is -0.467 e. The molecular weight excluding hydrogens is 701 g/mol. The largest absolute Gasteiger partial charge is 0.467 e. The van der Waals surface area contributed by atoms with Gasteiger partial charge in [0.25, 0.3) is 6.47 Å². The van der Waals surface area contributed by atoms with Gasteiger partial charge >= 0.3 is 6.18 Å². The lowest BCUT2D eigenvalue weighted by molar-refractivity contribution is -0.139. The first kappa shape index (κ1) is 40.1. The number of alkyl halides is 3. The molecule has 0 fully saturated rings. The lowest BCUT2D eigenvalue weighted by Gasteiger charge is -2.27. The van der Waals surface area contributed by atoms with Gasteiger partial charge in [-0.2, -0.15) is 17.5 Å². The van der Waals surface area contributed by atoms with Crippen LogP contribution in [-0.4, -0.2) is 87.9 Å². The smallest absolute Gasteiger partial charge is 0.406 e. The maximum Gasteiger partial charge on any atom is 0.406 e. The van der Waals surface area contributed by atoms with Gasteiger partial charge in [-0.15, -0.1) is 0 Å². The number of nitrogens with zero attached hydrogens (tertiary/aromatic N) is 5. The number of amides is 2. The van der Waals surface area contributed by atoms with Crippen LogP contribution in [0.3, 0.4) is 0 Å². The third-order valence-corrected chi connectivity index (χ3v) is 9.45. The van der Waals surface area contributed by atoms with Crippen molar-refractivity contribution in [1.82, 2.24) is 29.1 Å². The van der Waals surface area contributed by atoms with Crippen LogP contribution < -0.4 is 5.32 Å². The summed E-state index contributed by atoms with van der Waals surface area (Å²) in [5, 5.41) is 3.64. The first-order valence-corrected chi connectivity index (χ1v) is 17.3. The SMILES string of the molecule is COC(C)c1ncccc1-c1c(CC(C)(C)COC=O)c2cc(-c3nc(CC(C=O)NC(=O)C(C(C)C)N(C)C=O)ns3)ccc2n1CC(F)(F)F. The van der Waals surface area contributed by atoms with Crippen molar-refractivity contribution in [3.05, 3.63) is 53.6 Å². The molecule has 1 N–H and O–H groups in total. The maximum atomic E-state index is 14.3. The Morgan fingerprint density at radius 3 is 2.48 bits per heavy atom. The van der Waals surface area contributed by atoms with E-state index in [1.54, 1.807) is 57.3 Å². The van der Waals surface area contributed by atoms with Gasteiger partial charge in [0, 0.05) is 54.2 Å². The summed E-state index contributed by atoms with van der Waals surface area (Å²) in [5.74, 6) is -0.430. The molecule has 3 unspecified atom stereocenters. The monoisotopic (exact) mass is 744 g/mol. The Morgan fingerprint density at radius 2 is 1.87 bits per heavy atom. The van der Waals surface area contributed by atoms with Crippen LogP contribution >= 0.6 is 11.5 Å². The van der Waals surface area contributed by atoms with Crippen LogP contribution in [0.1, 0.15) is 57.8 Å². The third-order valence-electron chi connectivity index (χ3n) is 8.65. The molecule has 0 bridgehead atoms. The van der Waals surface area contributed by atoms with Crippen molar-refractivity contribution >= 4 is 47.5 Å². The fraction of sp³-hybridized carbons (Fsp3) is 0.472. The van der Waals surface area contributed by atoms with E-state index in [1.807, 2.05) is 13.8 Å². The summed E-state index contributed by atoms with van der Waals surface area (Å²) in [5.41, 5.74) is 2.06. The molecule has 4 aromatic rings. The third kappa shape index (κ3) is 9.39. The minimum atomic E-state index is -4.57. The number of aromatic nitrogens is 4. The molecule has 3 aromatic heterocycles. The van der Waals surface area contributed by atoms with E-state index in [-0.39, 0.29) is 31.2 Å². The lowest BCUT2D eigenvalue weighted by Crippen LogP contribution is -2.51. The molecule has 12 nitrogen and oxygen atoms in total. The number of carbonyl (C=O) groups is 4. The highest BCUT2D eigenvalue weighted by atomic mass is 32.1. The molecule has 52 heavy (non-hydrogen) atoms. The van der Waals surface area contributed by atoms with Gasteiger partial charge in [0.2, 0.25) is 12.3 Å². The van der Waals surface area contributed by atoms with E-state index in [4.69, 9.17) is 9.47 Å². The number of likely N-dealkylation sites (N-methyl/N-ethyl adjacent to an activating group) is 1. The molecule has 1 aromatic carbocycles. The summed E-state index contributed by atoms with van der Waals surface area (Å²) in [6.07, 6.45) is -2.21. The van der Waals surface area contributed by atoms with E-state index in [0.29, 0.717) is 63.2 Å². The number of rotatable bonds is 18. The number of halogens is 3. The molecule has 0 saturated carbocycles. The van der Waals surface area contributed by atoms with Gasteiger partial charge < -0.3 is 29.1 Å². The van der Waals surface area contributed by atoms with Crippen molar-refractivity contribution in [3.8, 4) is 21.8 Å². The van der Waals surface area contributed by atoms with Crippen LogP contribution in [0.5, 0.6) is 0 Å². The molecule has 16 heteroatoms. The van der Waals surface area contributed by atoms with E-state index in [9.17, 15) is 32.3 Å². The van der Waals surface area contributed by atoms with Crippen LogP contribution in [0.15, 0.2) is 36.5 Å². The van der Waals surface area contributed by atoms with Crippen LogP contribution in [0, 0.1) is 11.3 Å².